The number of nitrogens with one attached hydrogen (secondary N) is 1. The fourth-order valence-corrected chi connectivity index (χ4v) is 4.93. The molecule has 2 aliphatic heterocycles. The van der Waals surface area contributed by atoms with Gasteiger partial charge in [0.05, 0.1) is 5.92 Å². The highest BCUT2D eigenvalue weighted by molar-refractivity contribution is 7.17. The van der Waals surface area contributed by atoms with Crippen LogP contribution < -0.4 is 10.2 Å². The summed E-state index contributed by atoms with van der Waals surface area (Å²) in [5.74, 6) is 0.205. The van der Waals surface area contributed by atoms with Gasteiger partial charge < -0.3 is 15.1 Å². The Morgan fingerprint density at radius 3 is 2.59 bits per heavy atom. The van der Waals surface area contributed by atoms with Crippen LogP contribution in [0.5, 0.6) is 0 Å². The SMILES string of the molecule is CCN1CCN(CCNC(=O)[C@@H]2CCCN(c3nnc(-n4cccc4)s3)C2)CC1. The van der Waals surface area contributed by atoms with E-state index >= 15 is 0 Å². The highest BCUT2D eigenvalue weighted by Crippen LogP contribution is 2.27. The van der Waals surface area contributed by atoms with Gasteiger partial charge in [0.2, 0.25) is 16.2 Å². The third-order valence-electron chi connectivity index (χ3n) is 5.93. The van der Waals surface area contributed by atoms with Crippen molar-refractivity contribution in [3.05, 3.63) is 24.5 Å². The summed E-state index contributed by atoms with van der Waals surface area (Å²) in [6.45, 7) is 11.1. The third kappa shape index (κ3) is 5.15. The number of aromatic nitrogens is 3. The van der Waals surface area contributed by atoms with Gasteiger partial charge in [0.25, 0.3) is 0 Å². The van der Waals surface area contributed by atoms with Crippen molar-refractivity contribution < 1.29 is 4.79 Å². The number of amides is 1. The summed E-state index contributed by atoms with van der Waals surface area (Å²) in [4.78, 5) is 19.8. The molecule has 2 aromatic heterocycles. The summed E-state index contributed by atoms with van der Waals surface area (Å²) < 4.78 is 1.97. The molecule has 1 N–H and O–H groups in total. The molecule has 8 nitrogen and oxygen atoms in total. The Morgan fingerprint density at radius 1 is 1.10 bits per heavy atom. The Morgan fingerprint density at radius 2 is 1.83 bits per heavy atom. The molecule has 0 aromatic carbocycles. The van der Waals surface area contributed by atoms with Crippen LogP contribution in [0, 0.1) is 5.92 Å². The fraction of sp³-hybridized carbons (Fsp3) is 0.650. The lowest BCUT2D eigenvalue weighted by atomic mass is 9.97. The van der Waals surface area contributed by atoms with Crippen LogP contribution in [-0.4, -0.2) is 89.4 Å². The molecule has 4 heterocycles. The Labute approximate surface area is 176 Å². The first-order chi connectivity index (χ1) is 14.2. The van der Waals surface area contributed by atoms with E-state index in [0.29, 0.717) is 0 Å². The molecule has 0 spiro atoms. The van der Waals surface area contributed by atoms with E-state index in [1.807, 2.05) is 29.1 Å². The summed E-state index contributed by atoms with van der Waals surface area (Å²) in [5, 5.41) is 13.6. The molecule has 158 valence electrons. The van der Waals surface area contributed by atoms with Gasteiger partial charge in [0.1, 0.15) is 0 Å². The van der Waals surface area contributed by atoms with Gasteiger partial charge in [-0.05, 0) is 31.5 Å². The lowest BCUT2D eigenvalue weighted by Crippen LogP contribution is -2.49. The number of piperidine rings is 1. The van der Waals surface area contributed by atoms with Crippen molar-refractivity contribution >= 4 is 22.4 Å². The first-order valence-electron chi connectivity index (χ1n) is 10.7. The minimum Gasteiger partial charge on any atom is -0.355 e. The van der Waals surface area contributed by atoms with E-state index in [1.54, 1.807) is 11.3 Å². The van der Waals surface area contributed by atoms with Crippen LogP contribution in [0.1, 0.15) is 19.8 Å². The Balaban J connectivity index is 1.23. The number of hydrogen-bond donors (Lipinski definition) is 1. The van der Waals surface area contributed by atoms with Crippen LogP contribution in [0.3, 0.4) is 0 Å². The molecule has 0 unspecified atom stereocenters. The number of likely N-dealkylation sites (N-methyl/N-ethyl adjacent to an activating group) is 1. The quantitative estimate of drug-likeness (QED) is 0.732. The molecule has 0 aliphatic carbocycles. The van der Waals surface area contributed by atoms with Gasteiger partial charge in [0, 0.05) is 64.8 Å². The highest BCUT2D eigenvalue weighted by atomic mass is 32.1. The smallest absolute Gasteiger partial charge is 0.224 e. The van der Waals surface area contributed by atoms with Crippen molar-refractivity contribution in [3.63, 3.8) is 0 Å². The number of carbonyl (C=O) groups is 1. The number of piperazine rings is 1. The zero-order valence-corrected chi connectivity index (χ0v) is 18.0. The molecule has 1 atom stereocenters. The molecule has 2 aromatic rings. The van der Waals surface area contributed by atoms with Gasteiger partial charge >= 0.3 is 0 Å². The maximum atomic E-state index is 12.7. The van der Waals surface area contributed by atoms with Crippen molar-refractivity contribution in [1.29, 1.82) is 0 Å². The molecular weight excluding hydrogens is 386 g/mol. The van der Waals surface area contributed by atoms with E-state index in [2.05, 4.69) is 37.1 Å². The van der Waals surface area contributed by atoms with E-state index < -0.39 is 0 Å². The summed E-state index contributed by atoms with van der Waals surface area (Å²) in [7, 11) is 0. The Bertz CT molecular complexity index is 770. The van der Waals surface area contributed by atoms with E-state index in [4.69, 9.17) is 0 Å². The van der Waals surface area contributed by atoms with E-state index in [1.165, 1.54) is 0 Å². The van der Waals surface area contributed by atoms with E-state index in [0.717, 1.165) is 82.0 Å². The first kappa shape index (κ1) is 20.3. The molecule has 0 bridgehead atoms. The van der Waals surface area contributed by atoms with Crippen molar-refractivity contribution in [2.45, 2.75) is 19.8 Å². The van der Waals surface area contributed by atoms with Gasteiger partial charge in [-0.15, -0.1) is 10.2 Å². The monoisotopic (exact) mass is 417 g/mol. The second-order valence-corrected chi connectivity index (χ2v) is 8.74. The van der Waals surface area contributed by atoms with Crippen molar-refractivity contribution in [2.24, 2.45) is 5.92 Å². The zero-order valence-electron chi connectivity index (χ0n) is 17.2. The largest absolute Gasteiger partial charge is 0.355 e. The van der Waals surface area contributed by atoms with Crippen LogP contribution in [-0.2, 0) is 4.79 Å². The first-order valence-corrected chi connectivity index (χ1v) is 11.5. The fourth-order valence-electron chi connectivity index (χ4n) is 4.08. The lowest BCUT2D eigenvalue weighted by molar-refractivity contribution is -0.125. The van der Waals surface area contributed by atoms with Gasteiger partial charge in [-0.3, -0.25) is 14.3 Å². The minimum atomic E-state index is 0.0274. The predicted molar refractivity (Wildman–Crippen MR) is 116 cm³/mol. The third-order valence-corrected chi connectivity index (χ3v) is 6.93. The standard InChI is InChI=1S/C20H31N7OS/c1-2-24-12-14-25(15-13-24)11-7-21-18(28)17-6-5-10-27(16-17)20-23-22-19(29-20)26-8-3-4-9-26/h3-4,8-9,17H,2,5-7,10-16H2,1H3,(H,21,28)/t17-/m1/s1. The molecule has 0 radical (unpaired) electrons. The van der Waals surface area contributed by atoms with Gasteiger partial charge in [-0.1, -0.05) is 18.3 Å². The molecule has 2 fully saturated rings. The molecule has 9 heteroatoms. The molecule has 2 saturated heterocycles. The van der Waals surface area contributed by atoms with Gasteiger partial charge in [0.15, 0.2) is 0 Å². The van der Waals surface area contributed by atoms with Gasteiger partial charge in [-0.2, -0.15) is 0 Å². The number of rotatable bonds is 7. The number of anilines is 1. The second-order valence-electron chi connectivity index (χ2n) is 7.81. The molecular formula is C20H31N7OS. The predicted octanol–water partition coefficient (Wildman–Crippen LogP) is 1.30. The molecule has 1 amide bonds. The molecule has 29 heavy (non-hydrogen) atoms. The second kappa shape index (κ2) is 9.69. The maximum absolute atomic E-state index is 12.7. The van der Waals surface area contributed by atoms with Crippen LogP contribution in [0.15, 0.2) is 24.5 Å². The maximum Gasteiger partial charge on any atom is 0.224 e. The number of carbonyl (C=O) groups excluding carboxylic acids is 1. The normalized spacial score (nSPS) is 21.4. The summed E-state index contributed by atoms with van der Waals surface area (Å²) in [5.41, 5.74) is 0. The summed E-state index contributed by atoms with van der Waals surface area (Å²) in [6.07, 6.45) is 5.90. The average molecular weight is 418 g/mol. The number of hydrogen-bond acceptors (Lipinski definition) is 7. The molecule has 0 saturated carbocycles. The molecule has 2 aliphatic rings. The average Bonchev–Trinajstić information content (AvgIpc) is 3.46. The van der Waals surface area contributed by atoms with Crippen LogP contribution in [0.25, 0.3) is 5.13 Å². The lowest BCUT2D eigenvalue weighted by Gasteiger charge is -2.34. The summed E-state index contributed by atoms with van der Waals surface area (Å²) >= 11 is 1.57. The van der Waals surface area contributed by atoms with Crippen LogP contribution >= 0.6 is 11.3 Å². The Hall–Kier alpha value is -1.97. The highest BCUT2D eigenvalue weighted by Gasteiger charge is 2.27. The van der Waals surface area contributed by atoms with Gasteiger partial charge in [-0.25, -0.2) is 0 Å². The van der Waals surface area contributed by atoms with Crippen molar-refractivity contribution in [2.75, 3.05) is 63.8 Å². The topological polar surface area (TPSA) is 69.5 Å². The van der Waals surface area contributed by atoms with Crippen LogP contribution in [0.4, 0.5) is 5.13 Å². The van der Waals surface area contributed by atoms with Crippen LogP contribution in [0.2, 0.25) is 0 Å². The Kier molecular flexibility index (Phi) is 6.78. The van der Waals surface area contributed by atoms with E-state index in [-0.39, 0.29) is 11.8 Å². The van der Waals surface area contributed by atoms with Crippen molar-refractivity contribution in [1.82, 2.24) is 29.9 Å². The van der Waals surface area contributed by atoms with Crippen molar-refractivity contribution in [3.8, 4) is 5.13 Å². The zero-order chi connectivity index (χ0) is 20.1. The van der Waals surface area contributed by atoms with E-state index in [9.17, 15) is 4.79 Å². The summed E-state index contributed by atoms with van der Waals surface area (Å²) in [6, 6.07) is 3.96. The number of nitrogens with zero attached hydrogens (tertiary/aromatic N) is 6. The minimum absolute atomic E-state index is 0.0274. The molecule has 4 rings (SSSR count).